The number of hydrogen-bond acceptors (Lipinski definition) is 5. The van der Waals surface area contributed by atoms with Crippen LogP contribution < -0.4 is 0 Å². The summed E-state index contributed by atoms with van der Waals surface area (Å²) >= 11 is 6.91. The van der Waals surface area contributed by atoms with E-state index in [0.717, 1.165) is 16.9 Å². The summed E-state index contributed by atoms with van der Waals surface area (Å²) in [5, 5.41) is 0. The molecule has 2 heterocycles. The highest BCUT2D eigenvalue weighted by molar-refractivity contribution is 7.91. The van der Waals surface area contributed by atoms with Crippen LogP contribution in [0.4, 0.5) is 0 Å². The summed E-state index contributed by atoms with van der Waals surface area (Å²) in [5.41, 5.74) is 1.80. The molecular formula is C17H19ClN2O3S2. The van der Waals surface area contributed by atoms with Gasteiger partial charge in [0, 0.05) is 31.7 Å². The number of rotatable bonds is 5. The van der Waals surface area contributed by atoms with Crippen molar-refractivity contribution in [3.8, 4) is 0 Å². The summed E-state index contributed by atoms with van der Waals surface area (Å²) in [6.45, 7) is 4.11. The third-order valence-electron chi connectivity index (χ3n) is 4.21. The highest BCUT2D eigenvalue weighted by atomic mass is 35.5. The highest BCUT2D eigenvalue weighted by Gasteiger charge is 2.30. The first kappa shape index (κ1) is 18.5. The van der Waals surface area contributed by atoms with Crippen LogP contribution in [0.15, 0.2) is 40.6 Å². The molecule has 0 saturated carbocycles. The van der Waals surface area contributed by atoms with Crippen molar-refractivity contribution in [3.63, 3.8) is 0 Å². The Labute approximate surface area is 156 Å². The number of nitrogens with zero attached hydrogens (tertiary/aromatic N) is 2. The van der Waals surface area contributed by atoms with Gasteiger partial charge in [-0.2, -0.15) is 4.31 Å². The lowest BCUT2D eigenvalue weighted by Gasteiger charge is -2.33. The number of piperazine rings is 1. The van der Waals surface area contributed by atoms with E-state index in [2.05, 4.69) is 0 Å². The molecule has 0 radical (unpaired) electrons. The Morgan fingerprint density at radius 3 is 2.28 bits per heavy atom. The molecule has 0 unspecified atom stereocenters. The standard InChI is InChI=1S/C17H19ClN2O3S2/c1-13-2-4-14(5-3-13)15(21)12-19-8-10-20(11-9-19)25(22,23)17-7-6-16(18)24-17/h2-7H,8-12H2,1H3. The minimum atomic E-state index is -3.49. The van der Waals surface area contributed by atoms with Gasteiger partial charge in [-0.05, 0) is 19.1 Å². The summed E-state index contributed by atoms with van der Waals surface area (Å²) in [5.74, 6) is 0.0568. The van der Waals surface area contributed by atoms with Crippen molar-refractivity contribution >= 4 is 38.7 Å². The zero-order valence-corrected chi connectivity index (χ0v) is 16.2. The Kier molecular flexibility index (Phi) is 5.60. The second-order valence-electron chi connectivity index (χ2n) is 6.03. The van der Waals surface area contributed by atoms with Crippen LogP contribution in [-0.2, 0) is 10.0 Å². The summed E-state index contributed by atoms with van der Waals surface area (Å²) in [6, 6.07) is 10.6. The molecule has 5 nitrogen and oxygen atoms in total. The van der Waals surface area contributed by atoms with E-state index in [4.69, 9.17) is 11.6 Å². The second kappa shape index (κ2) is 7.55. The number of hydrogen-bond donors (Lipinski definition) is 0. The van der Waals surface area contributed by atoms with Gasteiger partial charge in [0.2, 0.25) is 0 Å². The maximum Gasteiger partial charge on any atom is 0.252 e. The third kappa shape index (κ3) is 4.30. The Hall–Kier alpha value is -1.25. The van der Waals surface area contributed by atoms with Gasteiger partial charge in [0.25, 0.3) is 10.0 Å². The summed E-state index contributed by atoms with van der Waals surface area (Å²) in [4.78, 5) is 14.3. The number of carbonyl (C=O) groups is 1. The predicted molar refractivity (Wildman–Crippen MR) is 100 cm³/mol. The highest BCUT2D eigenvalue weighted by Crippen LogP contribution is 2.28. The van der Waals surface area contributed by atoms with E-state index in [1.54, 1.807) is 6.07 Å². The van der Waals surface area contributed by atoms with Crippen LogP contribution in [0.2, 0.25) is 4.34 Å². The molecule has 1 aromatic heterocycles. The maximum atomic E-state index is 12.6. The smallest absolute Gasteiger partial charge is 0.252 e. The minimum absolute atomic E-state index is 0.0568. The van der Waals surface area contributed by atoms with E-state index in [1.165, 1.54) is 10.4 Å². The first-order valence-electron chi connectivity index (χ1n) is 7.94. The molecule has 1 aliphatic rings. The predicted octanol–water partition coefficient (Wildman–Crippen LogP) is 2.90. The number of Topliss-reactive ketones (excluding diaryl/α,β-unsaturated/α-hetero) is 1. The lowest BCUT2D eigenvalue weighted by Crippen LogP contribution is -2.49. The first-order chi connectivity index (χ1) is 11.9. The molecule has 0 aliphatic carbocycles. The molecule has 0 atom stereocenters. The number of sulfonamides is 1. The fraction of sp³-hybridized carbons (Fsp3) is 0.353. The topological polar surface area (TPSA) is 57.7 Å². The molecule has 0 N–H and O–H groups in total. The molecule has 25 heavy (non-hydrogen) atoms. The number of benzene rings is 1. The molecule has 1 aromatic carbocycles. The normalized spacial score (nSPS) is 16.9. The molecule has 134 valence electrons. The van der Waals surface area contributed by atoms with Crippen LogP contribution in [0.5, 0.6) is 0 Å². The average Bonchev–Trinajstić information content (AvgIpc) is 3.03. The van der Waals surface area contributed by atoms with E-state index in [9.17, 15) is 13.2 Å². The van der Waals surface area contributed by atoms with Gasteiger partial charge < -0.3 is 0 Å². The lowest BCUT2D eigenvalue weighted by atomic mass is 10.1. The van der Waals surface area contributed by atoms with Gasteiger partial charge in [-0.3, -0.25) is 9.69 Å². The van der Waals surface area contributed by atoms with Crippen molar-refractivity contribution in [2.45, 2.75) is 11.1 Å². The number of thiophene rings is 1. The number of aryl methyl sites for hydroxylation is 1. The third-order valence-corrected chi connectivity index (χ3v) is 7.81. The number of halogens is 1. The number of ketones is 1. The second-order valence-corrected chi connectivity index (χ2v) is 9.91. The van der Waals surface area contributed by atoms with Crippen molar-refractivity contribution in [2.24, 2.45) is 0 Å². The summed E-state index contributed by atoms with van der Waals surface area (Å²) in [6.07, 6.45) is 0. The Balaban J connectivity index is 1.58. The molecule has 1 saturated heterocycles. The van der Waals surface area contributed by atoms with Crippen molar-refractivity contribution < 1.29 is 13.2 Å². The average molecular weight is 399 g/mol. The van der Waals surface area contributed by atoms with E-state index < -0.39 is 10.0 Å². The molecular weight excluding hydrogens is 380 g/mol. The molecule has 1 fully saturated rings. The fourth-order valence-corrected chi connectivity index (χ4v) is 5.78. The van der Waals surface area contributed by atoms with Crippen LogP contribution in [0.1, 0.15) is 15.9 Å². The summed E-state index contributed by atoms with van der Waals surface area (Å²) < 4.78 is 27.3. The van der Waals surface area contributed by atoms with Gasteiger partial charge in [-0.15, -0.1) is 11.3 Å². The van der Waals surface area contributed by atoms with Crippen LogP contribution in [0, 0.1) is 6.92 Å². The Bertz CT molecular complexity index is 854. The van der Waals surface area contributed by atoms with E-state index in [-0.39, 0.29) is 9.99 Å². The molecule has 0 spiro atoms. The molecule has 3 rings (SSSR count). The molecule has 8 heteroatoms. The van der Waals surface area contributed by atoms with Crippen molar-refractivity contribution in [2.75, 3.05) is 32.7 Å². The van der Waals surface area contributed by atoms with Gasteiger partial charge >= 0.3 is 0 Å². The molecule has 1 aliphatic heterocycles. The molecule has 0 bridgehead atoms. The van der Waals surface area contributed by atoms with Crippen LogP contribution in [0.3, 0.4) is 0 Å². The van der Waals surface area contributed by atoms with Crippen molar-refractivity contribution in [1.29, 1.82) is 0 Å². The van der Waals surface area contributed by atoms with Crippen molar-refractivity contribution in [3.05, 3.63) is 51.9 Å². The fourth-order valence-electron chi connectivity index (χ4n) is 2.73. The molecule has 2 aromatic rings. The summed E-state index contributed by atoms with van der Waals surface area (Å²) in [7, 11) is -3.49. The van der Waals surface area contributed by atoms with Crippen molar-refractivity contribution in [1.82, 2.24) is 9.21 Å². The molecule has 0 amide bonds. The lowest BCUT2D eigenvalue weighted by molar-refractivity contribution is 0.0902. The zero-order valence-electron chi connectivity index (χ0n) is 13.8. The monoisotopic (exact) mass is 398 g/mol. The van der Waals surface area contributed by atoms with E-state index in [0.29, 0.717) is 42.6 Å². The van der Waals surface area contributed by atoms with Gasteiger partial charge in [-0.1, -0.05) is 41.4 Å². The number of carbonyl (C=O) groups excluding carboxylic acids is 1. The largest absolute Gasteiger partial charge is 0.293 e. The van der Waals surface area contributed by atoms with Crippen LogP contribution in [0.25, 0.3) is 0 Å². The van der Waals surface area contributed by atoms with Gasteiger partial charge in [0.15, 0.2) is 5.78 Å². The van der Waals surface area contributed by atoms with Gasteiger partial charge in [0.05, 0.1) is 10.9 Å². The van der Waals surface area contributed by atoms with E-state index >= 15 is 0 Å². The SMILES string of the molecule is Cc1ccc(C(=O)CN2CCN(S(=O)(=O)c3ccc(Cl)s3)CC2)cc1. The van der Waals surface area contributed by atoms with E-state index in [1.807, 2.05) is 36.1 Å². The quantitative estimate of drug-likeness (QED) is 0.726. The van der Waals surface area contributed by atoms with Gasteiger partial charge in [-0.25, -0.2) is 8.42 Å². The van der Waals surface area contributed by atoms with Gasteiger partial charge in [0.1, 0.15) is 4.21 Å². The minimum Gasteiger partial charge on any atom is -0.293 e. The first-order valence-corrected chi connectivity index (χ1v) is 10.6. The zero-order chi connectivity index (χ0) is 18.0. The Morgan fingerprint density at radius 2 is 1.72 bits per heavy atom. The maximum absolute atomic E-state index is 12.6. The van der Waals surface area contributed by atoms with Crippen LogP contribution >= 0.6 is 22.9 Å². The Morgan fingerprint density at radius 1 is 1.08 bits per heavy atom. The van der Waals surface area contributed by atoms with Crippen LogP contribution in [-0.4, -0.2) is 56.1 Å².